The quantitative estimate of drug-likeness (QED) is 0.658. The van der Waals surface area contributed by atoms with Crippen LogP contribution in [0, 0.1) is 0 Å². The van der Waals surface area contributed by atoms with Gasteiger partial charge in [0.1, 0.15) is 11.4 Å². The number of nitrogens with zero attached hydrogens (tertiary/aromatic N) is 1. The van der Waals surface area contributed by atoms with Crippen LogP contribution in [0.25, 0.3) is 0 Å². The normalized spacial score (nSPS) is 22.1. The number of carbonyl (C=O) groups is 2. The van der Waals surface area contributed by atoms with Gasteiger partial charge in [-0.2, -0.15) is 0 Å². The Morgan fingerprint density at radius 2 is 2.00 bits per heavy atom. The maximum Gasteiger partial charge on any atom is 0.330 e. The van der Waals surface area contributed by atoms with Crippen LogP contribution in [0.5, 0.6) is 5.75 Å². The summed E-state index contributed by atoms with van der Waals surface area (Å²) in [5.41, 5.74) is 0.388. The van der Waals surface area contributed by atoms with Gasteiger partial charge in [-0.3, -0.25) is 4.79 Å². The molecule has 6 nitrogen and oxygen atoms in total. The lowest BCUT2D eigenvalue weighted by atomic mass is 9.81. The van der Waals surface area contributed by atoms with E-state index in [4.69, 9.17) is 4.74 Å². The highest BCUT2D eigenvalue weighted by atomic mass is 16.5. The van der Waals surface area contributed by atoms with Gasteiger partial charge in [0, 0.05) is 50.1 Å². The van der Waals surface area contributed by atoms with Crippen molar-refractivity contribution in [1.29, 1.82) is 0 Å². The van der Waals surface area contributed by atoms with Crippen LogP contribution < -0.4 is 4.74 Å². The number of hydrogen-bond donors (Lipinski definition) is 1. The van der Waals surface area contributed by atoms with Gasteiger partial charge in [-0.25, -0.2) is 4.79 Å². The van der Waals surface area contributed by atoms with E-state index in [1.165, 1.54) is 13.2 Å². The van der Waals surface area contributed by atoms with Crippen LogP contribution in [0.1, 0.15) is 30.9 Å². The first-order valence-electron chi connectivity index (χ1n) is 8.04. The van der Waals surface area contributed by atoms with Crippen LogP contribution in [0.15, 0.2) is 36.4 Å². The van der Waals surface area contributed by atoms with Crippen molar-refractivity contribution in [2.75, 3.05) is 20.2 Å². The third-order valence-electron chi connectivity index (χ3n) is 4.72. The van der Waals surface area contributed by atoms with Crippen LogP contribution >= 0.6 is 0 Å². The first-order chi connectivity index (χ1) is 11.5. The largest absolute Gasteiger partial charge is 0.487 e. The number of fused-ring (bicyclic) bond motifs is 1. The highest BCUT2D eigenvalue weighted by molar-refractivity contribution is 5.94. The van der Waals surface area contributed by atoms with Gasteiger partial charge >= 0.3 is 5.97 Å². The van der Waals surface area contributed by atoms with E-state index in [0.29, 0.717) is 32.4 Å². The van der Waals surface area contributed by atoms with E-state index >= 15 is 0 Å². The molecule has 1 saturated heterocycles. The molecule has 0 aromatic heterocycles. The molecule has 2 aliphatic heterocycles. The van der Waals surface area contributed by atoms with E-state index in [1.54, 1.807) is 4.90 Å². The second-order valence-electron chi connectivity index (χ2n) is 6.22. The van der Waals surface area contributed by atoms with E-state index < -0.39 is 17.7 Å². The molecule has 1 aromatic carbocycles. The topological polar surface area (TPSA) is 76.1 Å². The maximum absolute atomic E-state index is 12.1. The van der Waals surface area contributed by atoms with Crippen LogP contribution in [0.3, 0.4) is 0 Å². The van der Waals surface area contributed by atoms with Gasteiger partial charge in [-0.15, -0.1) is 0 Å². The van der Waals surface area contributed by atoms with Gasteiger partial charge < -0.3 is 19.5 Å². The van der Waals surface area contributed by atoms with Crippen molar-refractivity contribution < 1.29 is 24.2 Å². The summed E-state index contributed by atoms with van der Waals surface area (Å²) in [7, 11) is 1.27. The number of esters is 1. The maximum atomic E-state index is 12.1. The van der Waals surface area contributed by atoms with Gasteiger partial charge in [0.2, 0.25) is 5.91 Å². The molecule has 1 fully saturated rings. The first-order valence-corrected chi connectivity index (χ1v) is 8.04. The Bertz CT molecular complexity index is 661. The zero-order valence-corrected chi connectivity index (χ0v) is 13.6. The molecule has 1 atom stereocenters. The SMILES string of the molecule is COC(=O)/C=C/C(=O)N1CCC2(CC1)CC(O)c1ccccc1O2. The summed E-state index contributed by atoms with van der Waals surface area (Å²) in [5, 5.41) is 10.4. The minimum atomic E-state index is -0.549. The first kappa shape index (κ1) is 16.5. The Kier molecular flexibility index (Phi) is 4.57. The smallest absolute Gasteiger partial charge is 0.330 e. The van der Waals surface area contributed by atoms with Gasteiger partial charge in [0.25, 0.3) is 0 Å². The number of rotatable bonds is 2. The molecule has 0 aliphatic carbocycles. The molecule has 1 spiro atoms. The summed E-state index contributed by atoms with van der Waals surface area (Å²) in [6, 6.07) is 7.53. The standard InChI is InChI=1S/C18H21NO5/c1-23-17(22)7-6-16(21)19-10-8-18(9-11-19)12-14(20)13-4-2-3-5-15(13)24-18/h2-7,14,20H,8-12H2,1H3/b7-6+. The number of ether oxygens (including phenoxy) is 2. The summed E-state index contributed by atoms with van der Waals surface area (Å²) < 4.78 is 10.7. The zero-order chi connectivity index (χ0) is 17.2. The number of amides is 1. The van der Waals surface area contributed by atoms with Crippen LogP contribution in [-0.2, 0) is 14.3 Å². The van der Waals surface area contributed by atoms with E-state index in [1.807, 2.05) is 24.3 Å². The molecule has 1 aromatic rings. The molecule has 1 N–H and O–H groups in total. The van der Waals surface area contributed by atoms with Crippen molar-refractivity contribution >= 4 is 11.9 Å². The van der Waals surface area contributed by atoms with Gasteiger partial charge in [-0.1, -0.05) is 18.2 Å². The summed E-state index contributed by atoms with van der Waals surface area (Å²) in [4.78, 5) is 24.8. The number of likely N-dealkylation sites (tertiary alicyclic amines) is 1. The third-order valence-corrected chi connectivity index (χ3v) is 4.72. The molecule has 2 aliphatic rings. The van der Waals surface area contributed by atoms with E-state index in [0.717, 1.165) is 17.4 Å². The summed E-state index contributed by atoms with van der Waals surface area (Å²) >= 11 is 0. The summed E-state index contributed by atoms with van der Waals surface area (Å²) in [6.07, 6.45) is 3.65. The molecule has 128 valence electrons. The Balaban J connectivity index is 1.64. The van der Waals surface area contributed by atoms with Crippen LogP contribution in [0.4, 0.5) is 0 Å². The number of para-hydroxylation sites is 1. The molecule has 0 radical (unpaired) electrons. The zero-order valence-electron chi connectivity index (χ0n) is 13.6. The molecule has 0 saturated carbocycles. The Hall–Kier alpha value is -2.34. The second kappa shape index (κ2) is 6.65. The van der Waals surface area contributed by atoms with Gasteiger partial charge in [0.15, 0.2) is 0 Å². The van der Waals surface area contributed by atoms with Gasteiger partial charge in [0.05, 0.1) is 13.2 Å². The number of aliphatic hydroxyl groups excluding tert-OH is 1. The molecule has 0 bridgehead atoms. The lowest BCUT2D eigenvalue weighted by Crippen LogP contribution is -2.51. The predicted molar refractivity (Wildman–Crippen MR) is 86.3 cm³/mol. The van der Waals surface area contributed by atoms with E-state index in [2.05, 4.69) is 4.74 Å². The van der Waals surface area contributed by atoms with Crippen LogP contribution in [-0.4, -0.2) is 47.7 Å². The Labute approximate surface area is 140 Å². The highest BCUT2D eigenvalue weighted by Crippen LogP contribution is 2.44. The minimum absolute atomic E-state index is 0.216. The molecule has 2 heterocycles. The Morgan fingerprint density at radius 1 is 1.29 bits per heavy atom. The van der Waals surface area contributed by atoms with Crippen molar-refractivity contribution in [2.24, 2.45) is 0 Å². The molecule has 3 rings (SSSR count). The summed E-state index contributed by atoms with van der Waals surface area (Å²) in [5.74, 6) is -0.0409. The van der Waals surface area contributed by atoms with E-state index in [9.17, 15) is 14.7 Å². The lowest BCUT2D eigenvalue weighted by Gasteiger charge is -2.45. The monoisotopic (exact) mass is 331 g/mol. The molecule has 1 unspecified atom stereocenters. The molecule has 6 heteroatoms. The molecule has 24 heavy (non-hydrogen) atoms. The number of benzene rings is 1. The predicted octanol–water partition coefficient (Wildman–Crippen LogP) is 1.59. The van der Waals surface area contributed by atoms with Crippen molar-refractivity contribution in [3.8, 4) is 5.75 Å². The molecular weight excluding hydrogens is 310 g/mol. The fraction of sp³-hybridized carbons (Fsp3) is 0.444. The van der Waals surface area contributed by atoms with Crippen molar-refractivity contribution in [3.05, 3.63) is 42.0 Å². The minimum Gasteiger partial charge on any atom is -0.487 e. The number of carbonyl (C=O) groups excluding carboxylic acids is 2. The Morgan fingerprint density at radius 3 is 2.71 bits per heavy atom. The lowest BCUT2D eigenvalue weighted by molar-refractivity contribution is -0.136. The van der Waals surface area contributed by atoms with Crippen molar-refractivity contribution in [3.63, 3.8) is 0 Å². The number of piperidine rings is 1. The number of aliphatic hydroxyl groups is 1. The average molecular weight is 331 g/mol. The fourth-order valence-electron chi connectivity index (χ4n) is 3.34. The molecular formula is C18H21NO5. The molecule has 1 amide bonds. The average Bonchev–Trinajstić information content (AvgIpc) is 2.60. The van der Waals surface area contributed by atoms with Crippen molar-refractivity contribution in [1.82, 2.24) is 4.90 Å². The number of hydrogen-bond acceptors (Lipinski definition) is 5. The highest BCUT2D eigenvalue weighted by Gasteiger charge is 2.43. The fourth-order valence-corrected chi connectivity index (χ4v) is 3.34. The third kappa shape index (κ3) is 3.28. The number of methoxy groups -OCH3 is 1. The van der Waals surface area contributed by atoms with E-state index in [-0.39, 0.29) is 5.91 Å². The van der Waals surface area contributed by atoms with Crippen LogP contribution in [0.2, 0.25) is 0 Å². The summed E-state index contributed by atoms with van der Waals surface area (Å²) in [6.45, 7) is 1.05. The van der Waals surface area contributed by atoms with Gasteiger partial charge in [-0.05, 0) is 6.07 Å². The second-order valence-corrected chi connectivity index (χ2v) is 6.22. The van der Waals surface area contributed by atoms with Crippen molar-refractivity contribution in [2.45, 2.75) is 31.0 Å².